The number of hydroxylamine groups is 1. The van der Waals surface area contributed by atoms with Crippen molar-refractivity contribution in [2.75, 3.05) is 17.1 Å². The summed E-state index contributed by atoms with van der Waals surface area (Å²) in [4.78, 5) is 34.2. The molecule has 0 bridgehead atoms. The maximum atomic E-state index is 13.7. The molecule has 2 amide bonds. The molecule has 1 N–H and O–H groups in total. The lowest BCUT2D eigenvalue weighted by Gasteiger charge is -2.29. The van der Waals surface area contributed by atoms with Crippen molar-refractivity contribution < 1.29 is 24.3 Å². The minimum absolute atomic E-state index is 0.0500. The Bertz CT molecular complexity index is 1300. The average molecular weight is 520 g/mol. The Kier molecular flexibility index (Phi) is 5.81. The molecule has 10 heteroatoms. The van der Waals surface area contributed by atoms with Crippen LogP contribution in [-0.4, -0.2) is 30.1 Å². The number of phenols is 1. The van der Waals surface area contributed by atoms with E-state index in [2.05, 4.69) is 0 Å². The van der Waals surface area contributed by atoms with Crippen LogP contribution in [0.2, 0.25) is 15.1 Å². The van der Waals surface area contributed by atoms with Crippen LogP contribution in [0.3, 0.4) is 0 Å². The van der Waals surface area contributed by atoms with E-state index in [-0.39, 0.29) is 16.5 Å². The molecule has 2 heterocycles. The van der Waals surface area contributed by atoms with E-state index in [4.69, 9.17) is 44.4 Å². The zero-order valence-electron chi connectivity index (χ0n) is 17.6. The predicted octanol–water partition coefficient (Wildman–Crippen LogP) is 5.41. The van der Waals surface area contributed by atoms with Crippen molar-refractivity contribution in [1.29, 1.82) is 0 Å². The number of amides is 2. The summed E-state index contributed by atoms with van der Waals surface area (Å²) in [5.74, 6) is -1.64. The predicted molar refractivity (Wildman–Crippen MR) is 129 cm³/mol. The van der Waals surface area contributed by atoms with E-state index < -0.39 is 29.9 Å². The maximum absolute atomic E-state index is 13.7. The number of rotatable bonds is 4. The monoisotopic (exact) mass is 518 g/mol. The van der Waals surface area contributed by atoms with Crippen LogP contribution in [-0.2, 0) is 14.4 Å². The number of fused-ring (bicyclic) bond motifs is 1. The molecule has 174 valence electrons. The van der Waals surface area contributed by atoms with Crippen molar-refractivity contribution >= 4 is 58.0 Å². The summed E-state index contributed by atoms with van der Waals surface area (Å²) in [6.45, 7) is 0. The minimum Gasteiger partial charge on any atom is -0.504 e. The molecule has 3 aromatic rings. The molecule has 0 saturated carbocycles. The van der Waals surface area contributed by atoms with Crippen LogP contribution in [0.4, 0.5) is 11.4 Å². The third kappa shape index (κ3) is 3.65. The molecule has 0 aliphatic carbocycles. The second kappa shape index (κ2) is 8.67. The summed E-state index contributed by atoms with van der Waals surface area (Å²) in [6.07, 6.45) is -1.07. The van der Waals surface area contributed by atoms with Crippen LogP contribution in [0.5, 0.6) is 11.5 Å². The van der Waals surface area contributed by atoms with Gasteiger partial charge in [0, 0.05) is 5.02 Å². The smallest absolute Gasteiger partial charge is 0.266 e. The van der Waals surface area contributed by atoms with Gasteiger partial charge in [0.05, 0.1) is 34.6 Å². The molecule has 3 atom stereocenters. The maximum Gasteiger partial charge on any atom is 0.266 e. The second-order valence-corrected chi connectivity index (χ2v) is 9.09. The van der Waals surface area contributed by atoms with Gasteiger partial charge in [0.2, 0.25) is 5.91 Å². The number of hydrogen-bond acceptors (Lipinski definition) is 6. The first-order valence-electron chi connectivity index (χ1n) is 10.2. The van der Waals surface area contributed by atoms with E-state index in [1.807, 2.05) is 0 Å². The molecule has 2 aliphatic rings. The molecule has 2 aliphatic heterocycles. The molecule has 5 rings (SSSR count). The van der Waals surface area contributed by atoms with Gasteiger partial charge in [-0.05, 0) is 60.2 Å². The molecule has 2 fully saturated rings. The van der Waals surface area contributed by atoms with Crippen LogP contribution in [0.1, 0.15) is 11.6 Å². The third-order valence-electron chi connectivity index (χ3n) is 5.90. The highest BCUT2D eigenvalue weighted by Gasteiger charge is 2.60. The van der Waals surface area contributed by atoms with E-state index in [0.29, 0.717) is 27.0 Å². The largest absolute Gasteiger partial charge is 0.504 e. The van der Waals surface area contributed by atoms with Crippen LogP contribution in [0, 0.1) is 5.92 Å². The highest BCUT2D eigenvalue weighted by Crippen LogP contribution is 2.49. The summed E-state index contributed by atoms with van der Waals surface area (Å²) in [5, 5.41) is 12.7. The molecule has 0 spiro atoms. The number of carbonyl (C=O) groups is 2. The first kappa shape index (κ1) is 22.8. The van der Waals surface area contributed by atoms with E-state index >= 15 is 0 Å². The number of anilines is 2. The summed E-state index contributed by atoms with van der Waals surface area (Å²) in [5.41, 5.74) is 1.54. The molecule has 0 aromatic heterocycles. The quantitative estimate of drug-likeness (QED) is 0.464. The fourth-order valence-electron chi connectivity index (χ4n) is 4.32. The van der Waals surface area contributed by atoms with Crippen molar-refractivity contribution in [3.8, 4) is 11.5 Å². The van der Waals surface area contributed by atoms with Gasteiger partial charge in [-0.25, -0.2) is 9.96 Å². The number of imide groups is 1. The van der Waals surface area contributed by atoms with Crippen molar-refractivity contribution in [1.82, 2.24) is 0 Å². The normalized spacial score (nSPS) is 21.8. The molecular formula is C24H17Cl3N2O5. The van der Waals surface area contributed by atoms with E-state index in [0.717, 1.165) is 4.90 Å². The number of halogens is 3. The molecule has 0 radical (unpaired) electrons. The third-order valence-corrected chi connectivity index (χ3v) is 6.89. The van der Waals surface area contributed by atoms with Gasteiger partial charge in [0.1, 0.15) is 5.92 Å². The Balaban J connectivity index is 1.60. The van der Waals surface area contributed by atoms with Gasteiger partial charge in [-0.15, -0.1) is 0 Å². The molecule has 7 nitrogen and oxygen atoms in total. The van der Waals surface area contributed by atoms with Gasteiger partial charge in [0.25, 0.3) is 5.91 Å². The molecule has 2 saturated heterocycles. The fraction of sp³-hybridized carbons (Fsp3) is 0.167. The Morgan fingerprint density at radius 3 is 2.26 bits per heavy atom. The first-order valence-corrected chi connectivity index (χ1v) is 11.3. The molecule has 34 heavy (non-hydrogen) atoms. The number of aromatic hydroxyl groups is 1. The number of methoxy groups -OCH3 is 1. The van der Waals surface area contributed by atoms with Gasteiger partial charge in [-0.2, -0.15) is 0 Å². The number of nitrogens with zero attached hydrogens (tertiary/aromatic N) is 2. The summed E-state index contributed by atoms with van der Waals surface area (Å²) < 4.78 is 5.26. The fourth-order valence-corrected chi connectivity index (χ4v) is 4.74. The second-order valence-electron chi connectivity index (χ2n) is 7.84. The number of benzene rings is 3. The van der Waals surface area contributed by atoms with E-state index in [9.17, 15) is 14.7 Å². The Hall–Kier alpha value is -2.97. The zero-order chi connectivity index (χ0) is 24.1. The van der Waals surface area contributed by atoms with Gasteiger partial charge >= 0.3 is 0 Å². The van der Waals surface area contributed by atoms with Gasteiger partial charge in [-0.1, -0.05) is 40.9 Å². The Morgan fingerprint density at radius 1 is 0.882 bits per heavy atom. The van der Waals surface area contributed by atoms with Crippen molar-refractivity contribution in [3.63, 3.8) is 0 Å². The van der Waals surface area contributed by atoms with E-state index in [1.165, 1.54) is 30.4 Å². The standard InChI is InChI=1S/C24H17Cl3N2O5/c1-33-19-10-12(2-9-18(19)30)21-20-22(34-29(21)14-5-3-13(25)4-6-14)24(32)28(23(20)31)15-7-8-16(26)17(27)11-15/h2-11,20-22,30H,1H3. The summed E-state index contributed by atoms with van der Waals surface area (Å²) in [6, 6.07) is 15.5. The van der Waals surface area contributed by atoms with Crippen molar-refractivity contribution in [2.45, 2.75) is 12.1 Å². The zero-order valence-corrected chi connectivity index (χ0v) is 19.9. The number of hydrogen-bond donors (Lipinski definition) is 1. The van der Waals surface area contributed by atoms with Gasteiger partial charge in [-0.3, -0.25) is 14.4 Å². The minimum atomic E-state index is -1.07. The summed E-state index contributed by atoms with van der Waals surface area (Å²) >= 11 is 18.2. The molecule has 3 aromatic carbocycles. The van der Waals surface area contributed by atoms with E-state index in [1.54, 1.807) is 42.5 Å². The van der Waals surface area contributed by atoms with Crippen LogP contribution in [0.25, 0.3) is 0 Å². The van der Waals surface area contributed by atoms with Crippen molar-refractivity contribution in [3.05, 3.63) is 81.3 Å². The first-order chi connectivity index (χ1) is 16.3. The average Bonchev–Trinajstić information content (AvgIpc) is 3.33. The lowest BCUT2D eigenvalue weighted by Crippen LogP contribution is -2.37. The highest BCUT2D eigenvalue weighted by atomic mass is 35.5. The SMILES string of the molecule is COc1cc(C2C3C(=O)N(c4ccc(Cl)c(Cl)c4)C(=O)C3ON2c2ccc(Cl)cc2)ccc1O. The topological polar surface area (TPSA) is 79.3 Å². The van der Waals surface area contributed by atoms with Crippen LogP contribution >= 0.6 is 34.8 Å². The highest BCUT2D eigenvalue weighted by molar-refractivity contribution is 6.42. The Labute approximate surface area is 209 Å². The van der Waals surface area contributed by atoms with Crippen molar-refractivity contribution in [2.24, 2.45) is 5.92 Å². The summed E-state index contributed by atoms with van der Waals surface area (Å²) in [7, 11) is 1.43. The van der Waals surface area contributed by atoms with Crippen LogP contribution < -0.4 is 14.7 Å². The Morgan fingerprint density at radius 2 is 1.59 bits per heavy atom. The number of phenolic OH excluding ortho intramolecular Hbond substituents is 1. The lowest BCUT2D eigenvalue weighted by atomic mass is 9.90. The molecular weight excluding hydrogens is 503 g/mol. The number of ether oxygens (including phenoxy) is 1. The number of carbonyl (C=O) groups excluding carboxylic acids is 2. The van der Waals surface area contributed by atoms with Crippen LogP contribution in [0.15, 0.2) is 60.7 Å². The van der Waals surface area contributed by atoms with Gasteiger partial charge < -0.3 is 9.84 Å². The molecule has 3 unspecified atom stereocenters. The lowest BCUT2D eigenvalue weighted by molar-refractivity contribution is -0.126. The van der Waals surface area contributed by atoms with Gasteiger partial charge in [0.15, 0.2) is 17.6 Å².